The molecule has 2 N–H and O–H groups in total. The van der Waals surface area contributed by atoms with Gasteiger partial charge in [0.2, 0.25) is 5.91 Å². The molecule has 1 fully saturated rings. The molecule has 22 heavy (non-hydrogen) atoms. The quantitative estimate of drug-likeness (QED) is 0.829. The number of hydrogen-bond donors (Lipinski definition) is 2. The first-order valence-electron chi connectivity index (χ1n) is 7.70. The third kappa shape index (κ3) is 5.13. The minimum atomic E-state index is -0.122. The molecule has 4 nitrogen and oxygen atoms in total. The van der Waals surface area contributed by atoms with Crippen LogP contribution >= 0.6 is 23.2 Å². The highest BCUT2D eigenvalue weighted by atomic mass is 35.5. The molecule has 2 rings (SSSR count). The lowest BCUT2D eigenvalue weighted by Gasteiger charge is -2.33. The molecule has 0 unspecified atom stereocenters. The van der Waals surface area contributed by atoms with Gasteiger partial charge < -0.3 is 10.4 Å². The lowest BCUT2D eigenvalue weighted by atomic mass is 9.94. The summed E-state index contributed by atoms with van der Waals surface area (Å²) in [5, 5.41) is 13.0. The van der Waals surface area contributed by atoms with E-state index in [1.54, 1.807) is 18.2 Å². The fraction of sp³-hybridized carbons (Fsp3) is 0.562. The highest BCUT2D eigenvalue weighted by Gasteiger charge is 2.22. The number of aliphatic hydroxyl groups is 1. The van der Waals surface area contributed by atoms with Gasteiger partial charge in [0.15, 0.2) is 0 Å². The van der Waals surface area contributed by atoms with Gasteiger partial charge in [-0.15, -0.1) is 0 Å². The fourth-order valence-electron chi connectivity index (χ4n) is 2.93. The van der Waals surface area contributed by atoms with Crippen LogP contribution in [0.5, 0.6) is 0 Å². The van der Waals surface area contributed by atoms with Gasteiger partial charge in [-0.25, -0.2) is 0 Å². The number of hydrogen-bond acceptors (Lipinski definition) is 3. The van der Waals surface area contributed by atoms with Crippen LogP contribution in [0.1, 0.15) is 32.1 Å². The Kier molecular flexibility index (Phi) is 6.96. The molecule has 0 aliphatic heterocycles. The summed E-state index contributed by atoms with van der Waals surface area (Å²) in [5.41, 5.74) is 0.559. The smallest absolute Gasteiger partial charge is 0.238 e. The number of aliphatic hydroxyl groups excluding tert-OH is 1. The van der Waals surface area contributed by atoms with Crippen LogP contribution in [0, 0.1) is 0 Å². The van der Waals surface area contributed by atoms with Gasteiger partial charge in [0.1, 0.15) is 0 Å². The number of benzene rings is 1. The largest absolute Gasteiger partial charge is 0.395 e. The monoisotopic (exact) mass is 344 g/mol. The van der Waals surface area contributed by atoms with Crippen molar-refractivity contribution in [2.24, 2.45) is 0 Å². The summed E-state index contributed by atoms with van der Waals surface area (Å²) in [5.74, 6) is -0.122. The molecule has 122 valence electrons. The standard InChI is InChI=1S/C16H22Cl2N2O2/c17-12-6-7-15(14(18)10-12)19-16(22)11-20(8-9-21)13-4-2-1-3-5-13/h6-7,10,13,21H,1-5,8-9,11H2,(H,19,22). The average Bonchev–Trinajstić information content (AvgIpc) is 2.50. The Morgan fingerprint density at radius 3 is 2.64 bits per heavy atom. The minimum Gasteiger partial charge on any atom is -0.395 e. The van der Waals surface area contributed by atoms with E-state index in [0.717, 1.165) is 12.8 Å². The van der Waals surface area contributed by atoms with Crippen molar-refractivity contribution < 1.29 is 9.90 Å². The van der Waals surface area contributed by atoms with Crippen LogP contribution < -0.4 is 5.32 Å². The molecule has 0 aromatic heterocycles. The normalized spacial score (nSPS) is 16.0. The molecule has 0 heterocycles. The number of nitrogens with zero attached hydrogens (tertiary/aromatic N) is 1. The molecular weight excluding hydrogens is 323 g/mol. The molecule has 6 heteroatoms. The molecule has 1 aliphatic carbocycles. The van der Waals surface area contributed by atoms with Gasteiger partial charge in [-0.05, 0) is 31.0 Å². The number of carbonyl (C=O) groups is 1. The Hall–Kier alpha value is -0.810. The van der Waals surface area contributed by atoms with Gasteiger partial charge in [-0.1, -0.05) is 42.5 Å². The molecule has 0 spiro atoms. The Balaban J connectivity index is 1.95. The predicted octanol–water partition coefficient (Wildman–Crippen LogP) is 3.56. The van der Waals surface area contributed by atoms with Crippen LogP contribution in [-0.2, 0) is 4.79 Å². The lowest BCUT2D eigenvalue weighted by Crippen LogP contribution is -2.43. The number of rotatable bonds is 6. The van der Waals surface area contributed by atoms with Gasteiger partial charge in [0.25, 0.3) is 0 Å². The van der Waals surface area contributed by atoms with Crippen LogP contribution in [0.15, 0.2) is 18.2 Å². The van der Waals surface area contributed by atoms with E-state index in [9.17, 15) is 9.90 Å². The van der Waals surface area contributed by atoms with Crippen molar-refractivity contribution in [2.75, 3.05) is 25.0 Å². The molecule has 0 bridgehead atoms. The first-order chi connectivity index (χ1) is 10.6. The van der Waals surface area contributed by atoms with Crippen LogP contribution in [0.3, 0.4) is 0 Å². The molecule has 1 amide bonds. The maximum atomic E-state index is 12.3. The van der Waals surface area contributed by atoms with E-state index < -0.39 is 0 Å². The Bertz CT molecular complexity index is 505. The second-order valence-corrected chi connectivity index (χ2v) is 6.50. The van der Waals surface area contributed by atoms with E-state index >= 15 is 0 Å². The van der Waals surface area contributed by atoms with Crippen molar-refractivity contribution in [2.45, 2.75) is 38.1 Å². The number of anilines is 1. The number of halogens is 2. The summed E-state index contributed by atoms with van der Waals surface area (Å²) in [6.45, 7) is 0.849. The summed E-state index contributed by atoms with van der Waals surface area (Å²) in [6, 6.07) is 5.37. The molecular formula is C16H22Cl2N2O2. The number of nitrogens with one attached hydrogen (secondary N) is 1. The van der Waals surface area contributed by atoms with Crippen LogP contribution in [0.4, 0.5) is 5.69 Å². The second kappa shape index (κ2) is 8.73. The summed E-state index contributed by atoms with van der Waals surface area (Å²) in [4.78, 5) is 14.3. The maximum absolute atomic E-state index is 12.3. The van der Waals surface area contributed by atoms with E-state index in [1.807, 2.05) is 0 Å². The van der Waals surface area contributed by atoms with Crippen molar-refractivity contribution in [1.82, 2.24) is 4.90 Å². The van der Waals surface area contributed by atoms with Crippen LogP contribution in [0.25, 0.3) is 0 Å². The Morgan fingerprint density at radius 2 is 2.00 bits per heavy atom. The topological polar surface area (TPSA) is 52.6 Å². The predicted molar refractivity (Wildman–Crippen MR) is 90.6 cm³/mol. The van der Waals surface area contributed by atoms with E-state index in [1.165, 1.54) is 19.3 Å². The number of amides is 1. The maximum Gasteiger partial charge on any atom is 0.238 e. The summed E-state index contributed by atoms with van der Waals surface area (Å²) < 4.78 is 0. The average molecular weight is 345 g/mol. The van der Waals surface area contributed by atoms with Gasteiger partial charge in [-0.2, -0.15) is 0 Å². The first-order valence-corrected chi connectivity index (χ1v) is 8.45. The Labute approximate surface area is 141 Å². The van der Waals surface area contributed by atoms with Gasteiger partial charge >= 0.3 is 0 Å². The summed E-state index contributed by atoms with van der Waals surface area (Å²) in [7, 11) is 0. The molecule has 0 atom stereocenters. The third-order valence-electron chi connectivity index (χ3n) is 4.03. The van der Waals surface area contributed by atoms with Crippen molar-refractivity contribution in [3.05, 3.63) is 28.2 Å². The third-order valence-corrected chi connectivity index (χ3v) is 4.58. The van der Waals surface area contributed by atoms with Gasteiger partial charge in [0, 0.05) is 17.6 Å². The fourth-order valence-corrected chi connectivity index (χ4v) is 3.39. The van der Waals surface area contributed by atoms with Crippen molar-refractivity contribution in [1.29, 1.82) is 0 Å². The van der Waals surface area contributed by atoms with Gasteiger partial charge in [0.05, 0.1) is 23.9 Å². The van der Waals surface area contributed by atoms with E-state index in [2.05, 4.69) is 10.2 Å². The lowest BCUT2D eigenvalue weighted by molar-refractivity contribution is -0.118. The SMILES string of the molecule is O=C(CN(CCO)C1CCCCC1)Nc1ccc(Cl)cc1Cl. The highest BCUT2D eigenvalue weighted by Crippen LogP contribution is 2.26. The zero-order valence-electron chi connectivity index (χ0n) is 12.5. The van der Waals surface area contributed by atoms with Crippen molar-refractivity contribution >= 4 is 34.8 Å². The van der Waals surface area contributed by atoms with E-state index in [0.29, 0.717) is 28.3 Å². The zero-order valence-corrected chi connectivity index (χ0v) is 14.0. The van der Waals surface area contributed by atoms with E-state index in [-0.39, 0.29) is 19.1 Å². The summed E-state index contributed by atoms with van der Waals surface area (Å²) >= 11 is 11.9. The Morgan fingerprint density at radius 1 is 1.27 bits per heavy atom. The van der Waals surface area contributed by atoms with Crippen molar-refractivity contribution in [3.63, 3.8) is 0 Å². The first kappa shape index (κ1) is 17.5. The molecule has 0 radical (unpaired) electrons. The van der Waals surface area contributed by atoms with E-state index in [4.69, 9.17) is 23.2 Å². The molecule has 1 aromatic carbocycles. The zero-order chi connectivity index (χ0) is 15.9. The molecule has 1 saturated carbocycles. The summed E-state index contributed by atoms with van der Waals surface area (Å²) in [6.07, 6.45) is 5.83. The second-order valence-electron chi connectivity index (χ2n) is 5.66. The van der Waals surface area contributed by atoms with Crippen LogP contribution in [0.2, 0.25) is 10.0 Å². The number of carbonyl (C=O) groups excluding carboxylic acids is 1. The van der Waals surface area contributed by atoms with Crippen molar-refractivity contribution in [3.8, 4) is 0 Å². The highest BCUT2D eigenvalue weighted by molar-refractivity contribution is 6.36. The van der Waals surface area contributed by atoms with Crippen LogP contribution in [-0.4, -0.2) is 41.7 Å². The molecule has 1 aromatic rings. The minimum absolute atomic E-state index is 0.0610. The molecule has 0 saturated heterocycles. The molecule has 1 aliphatic rings. The van der Waals surface area contributed by atoms with Gasteiger partial charge in [-0.3, -0.25) is 9.69 Å².